The van der Waals surface area contributed by atoms with E-state index in [1.54, 1.807) is 0 Å². The summed E-state index contributed by atoms with van der Waals surface area (Å²) in [6.07, 6.45) is 3.72. The van der Waals surface area contributed by atoms with Crippen molar-refractivity contribution >= 4 is 42.9 Å². The van der Waals surface area contributed by atoms with Gasteiger partial charge in [-0.2, -0.15) is 0 Å². The molecule has 130 valence electrons. The Morgan fingerprint density at radius 2 is 0.880 bits per heavy atom. The van der Waals surface area contributed by atoms with E-state index in [4.69, 9.17) is 19.1 Å². The normalized spacial score (nSPS) is 10.8. The molecule has 3 aromatic carbocycles. The number of halogens is 2. The van der Waals surface area contributed by atoms with E-state index in [2.05, 4.69) is 9.98 Å². The van der Waals surface area contributed by atoms with Crippen LogP contribution in [0.5, 0.6) is 0 Å². The summed E-state index contributed by atoms with van der Waals surface area (Å²) in [6, 6.07) is 28.0. The van der Waals surface area contributed by atoms with Crippen molar-refractivity contribution in [1.82, 2.24) is 0 Å². The van der Waals surface area contributed by atoms with Gasteiger partial charge in [-0.05, 0) is 23.3 Å². The van der Waals surface area contributed by atoms with Crippen molar-refractivity contribution in [3.05, 3.63) is 96.1 Å². The maximum atomic E-state index is 4.81. The molecule has 0 aliphatic rings. The third-order valence-corrected chi connectivity index (χ3v) is 3.19. The Balaban J connectivity index is 0.000000701. The van der Waals surface area contributed by atoms with Crippen LogP contribution >= 0.6 is 19.1 Å². The molecule has 0 fully saturated rings. The van der Waals surface area contributed by atoms with Crippen LogP contribution < -0.4 is 0 Å². The standard InChI is InChI=1S/C20H16N2.2ClH.Pd/c1-3-9-17(10-4-1)15-21-19-13-7-8-14-20(19)22-16-18-11-5-2-6-12-18;;;/h1-16H;2*1H;/q;;;+2/p-2. The zero-order valence-electron chi connectivity index (χ0n) is 13.2. The minimum absolute atomic E-state index is 0.106. The summed E-state index contributed by atoms with van der Waals surface area (Å²) in [4.78, 5) is 9.10. The van der Waals surface area contributed by atoms with E-state index in [0.29, 0.717) is 0 Å². The van der Waals surface area contributed by atoms with E-state index in [1.165, 1.54) is 0 Å². The van der Waals surface area contributed by atoms with Gasteiger partial charge >= 0.3 is 35.0 Å². The SMILES string of the molecule is C(=Nc1ccccc1N=Cc1ccccc1)c1ccccc1.[Cl][Pd][Cl]. The van der Waals surface area contributed by atoms with Crippen molar-refractivity contribution in [1.29, 1.82) is 0 Å². The van der Waals surface area contributed by atoms with E-state index in [1.807, 2.05) is 97.4 Å². The van der Waals surface area contributed by atoms with Crippen LogP contribution in [0.25, 0.3) is 0 Å². The number of nitrogens with zero attached hydrogens (tertiary/aromatic N) is 2. The molecule has 0 aliphatic heterocycles. The topological polar surface area (TPSA) is 24.7 Å². The third kappa shape index (κ3) is 7.34. The molecule has 0 radical (unpaired) electrons. The summed E-state index contributed by atoms with van der Waals surface area (Å²) in [5.41, 5.74) is 3.87. The predicted octanol–water partition coefficient (Wildman–Crippen LogP) is 6.56. The molecule has 3 aromatic rings. The summed E-state index contributed by atoms with van der Waals surface area (Å²) < 4.78 is 0. The van der Waals surface area contributed by atoms with Crippen LogP contribution in [0.2, 0.25) is 0 Å². The minimum atomic E-state index is -0.106. The van der Waals surface area contributed by atoms with Gasteiger partial charge in [-0.25, -0.2) is 0 Å². The second kappa shape index (κ2) is 11.7. The van der Waals surface area contributed by atoms with Gasteiger partial charge in [0.1, 0.15) is 0 Å². The Morgan fingerprint density at radius 1 is 0.560 bits per heavy atom. The fraction of sp³-hybridized carbons (Fsp3) is 0. The number of benzene rings is 3. The van der Waals surface area contributed by atoms with Gasteiger partial charge in [-0.1, -0.05) is 72.8 Å². The van der Waals surface area contributed by atoms with Gasteiger partial charge in [0, 0.05) is 12.4 Å². The van der Waals surface area contributed by atoms with Crippen LogP contribution in [-0.2, 0) is 15.9 Å². The molecule has 2 nitrogen and oxygen atoms in total. The van der Waals surface area contributed by atoms with Gasteiger partial charge in [0.25, 0.3) is 0 Å². The molecule has 0 N–H and O–H groups in total. The van der Waals surface area contributed by atoms with E-state index in [-0.39, 0.29) is 15.9 Å². The molecule has 5 heteroatoms. The maximum absolute atomic E-state index is 4.81. The summed E-state index contributed by atoms with van der Waals surface area (Å²) >= 11 is -0.106. The summed E-state index contributed by atoms with van der Waals surface area (Å²) in [5.74, 6) is 0. The monoisotopic (exact) mass is 460 g/mol. The Labute approximate surface area is 164 Å². The average Bonchev–Trinajstić information content (AvgIpc) is 2.68. The number of para-hydroxylation sites is 2. The molecular weight excluding hydrogens is 446 g/mol. The molecule has 25 heavy (non-hydrogen) atoms. The van der Waals surface area contributed by atoms with Crippen LogP contribution in [0.4, 0.5) is 11.4 Å². The first kappa shape index (κ1) is 19.6. The quantitative estimate of drug-likeness (QED) is 0.310. The fourth-order valence-electron chi connectivity index (χ4n) is 2.05. The number of aliphatic imine (C=N–C) groups is 2. The Morgan fingerprint density at radius 3 is 1.24 bits per heavy atom. The van der Waals surface area contributed by atoms with Gasteiger partial charge in [0.05, 0.1) is 11.4 Å². The van der Waals surface area contributed by atoms with Crippen molar-refractivity contribution in [3.63, 3.8) is 0 Å². The Kier molecular flexibility index (Phi) is 9.19. The van der Waals surface area contributed by atoms with Gasteiger partial charge in [0.15, 0.2) is 0 Å². The second-order valence-electron chi connectivity index (χ2n) is 4.87. The first-order chi connectivity index (χ1) is 12.3. The van der Waals surface area contributed by atoms with E-state index in [0.717, 1.165) is 22.5 Å². The van der Waals surface area contributed by atoms with Crippen molar-refractivity contribution < 1.29 is 15.9 Å². The number of hydrogen-bond acceptors (Lipinski definition) is 2. The molecule has 0 amide bonds. The summed E-state index contributed by atoms with van der Waals surface area (Å²) in [6.45, 7) is 0. The molecule has 3 rings (SSSR count). The molecule has 0 atom stereocenters. The molecule has 0 aromatic heterocycles. The van der Waals surface area contributed by atoms with Crippen LogP contribution in [0.3, 0.4) is 0 Å². The molecule has 0 bridgehead atoms. The van der Waals surface area contributed by atoms with Crippen molar-refractivity contribution in [2.24, 2.45) is 9.98 Å². The van der Waals surface area contributed by atoms with Crippen LogP contribution in [0, 0.1) is 0 Å². The predicted molar refractivity (Wildman–Crippen MR) is 106 cm³/mol. The Bertz CT molecular complexity index is 738. The van der Waals surface area contributed by atoms with Crippen molar-refractivity contribution in [3.8, 4) is 0 Å². The van der Waals surface area contributed by atoms with Crippen molar-refractivity contribution in [2.45, 2.75) is 0 Å². The van der Waals surface area contributed by atoms with Crippen LogP contribution in [-0.4, -0.2) is 12.4 Å². The number of rotatable bonds is 4. The first-order valence-electron chi connectivity index (χ1n) is 7.43. The summed E-state index contributed by atoms with van der Waals surface area (Å²) in [5, 5.41) is 0. The molecule has 0 spiro atoms. The molecule has 0 saturated carbocycles. The van der Waals surface area contributed by atoms with Gasteiger partial charge in [-0.3, -0.25) is 9.98 Å². The molecular formula is C20H16Cl2N2Pd. The fourth-order valence-corrected chi connectivity index (χ4v) is 2.05. The first-order valence-corrected chi connectivity index (χ1v) is 11.4. The Hall–Kier alpha value is -1.76. The van der Waals surface area contributed by atoms with Crippen LogP contribution in [0.15, 0.2) is 94.9 Å². The summed E-state index contributed by atoms with van der Waals surface area (Å²) in [7, 11) is 9.63. The zero-order chi connectivity index (χ0) is 17.7. The van der Waals surface area contributed by atoms with Gasteiger partial charge in [-0.15, -0.1) is 0 Å². The molecule has 0 unspecified atom stereocenters. The molecule has 0 aliphatic carbocycles. The molecule has 0 saturated heterocycles. The van der Waals surface area contributed by atoms with Gasteiger partial charge < -0.3 is 0 Å². The van der Waals surface area contributed by atoms with E-state index < -0.39 is 0 Å². The van der Waals surface area contributed by atoms with Crippen LogP contribution in [0.1, 0.15) is 11.1 Å². The third-order valence-electron chi connectivity index (χ3n) is 3.19. The number of hydrogen-bond donors (Lipinski definition) is 0. The van der Waals surface area contributed by atoms with E-state index >= 15 is 0 Å². The van der Waals surface area contributed by atoms with Crippen molar-refractivity contribution in [2.75, 3.05) is 0 Å². The molecule has 0 heterocycles. The zero-order valence-corrected chi connectivity index (χ0v) is 16.3. The van der Waals surface area contributed by atoms with Gasteiger partial charge in [0.2, 0.25) is 0 Å². The van der Waals surface area contributed by atoms with E-state index in [9.17, 15) is 0 Å². The second-order valence-corrected chi connectivity index (χ2v) is 7.23. The average molecular weight is 462 g/mol.